The number of halogens is 1. The molecule has 0 radical (unpaired) electrons. The van der Waals surface area contributed by atoms with E-state index in [1.807, 2.05) is 49.5 Å². The van der Waals surface area contributed by atoms with Gasteiger partial charge < -0.3 is 9.42 Å². The first-order chi connectivity index (χ1) is 12.6. The van der Waals surface area contributed by atoms with Crippen LogP contribution in [0.3, 0.4) is 0 Å². The predicted octanol–water partition coefficient (Wildman–Crippen LogP) is 4.37. The van der Waals surface area contributed by atoms with E-state index >= 15 is 0 Å². The van der Waals surface area contributed by atoms with Crippen molar-refractivity contribution >= 4 is 17.5 Å². The first-order valence-electron chi connectivity index (χ1n) is 8.48. The van der Waals surface area contributed by atoms with Crippen molar-refractivity contribution < 1.29 is 9.32 Å². The highest BCUT2D eigenvalue weighted by Gasteiger charge is 2.12. The minimum Gasteiger partial charge on any atom is -0.341 e. The molecule has 3 rings (SSSR count). The molecule has 1 heterocycles. The molecule has 0 saturated heterocycles. The van der Waals surface area contributed by atoms with Gasteiger partial charge in [0, 0.05) is 37.0 Å². The lowest BCUT2D eigenvalue weighted by atomic mass is 10.2. The van der Waals surface area contributed by atoms with Crippen molar-refractivity contribution in [3.05, 3.63) is 71.1 Å². The van der Waals surface area contributed by atoms with E-state index in [1.54, 1.807) is 17.0 Å². The molecule has 2 aromatic carbocycles. The first-order valence-corrected chi connectivity index (χ1v) is 8.86. The molecule has 0 spiro atoms. The zero-order valence-corrected chi connectivity index (χ0v) is 15.3. The van der Waals surface area contributed by atoms with Gasteiger partial charge in [-0.15, -0.1) is 0 Å². The third-order valence-corrected chi connectivity index (χ3v) is 4.29. The van der Waals surface area contributed by atoms with E-state index in [4.69, 9.17) is 16.1 Å². The topological polar surface area (TPSA) is 59.2 Å². The first kappa shape index (κ1) is 18.1. The summed E-state index contributed by atoms with van der Waals surface area (Å²) in [5.41, 5.74) is 1.97. The molecule has 0 saturated carbocycles. The normalized spacial score (nSPS) is 10.7. The summed E-state index contributed by atoms with van der Waals surface area (Å²) in [5.74, 6) is 1.17. The summed E-state index contributed by atoms with van der Waals surface area (Å²) in [7, 11) is 1.82. The van der Waals surface area contributed by atoms with Gasteiger partial charge in [0.25, 0.3) is 0 Å². The Balaban J connectivity index is 1.47. The lowest BCUT2D eigenvalue weighted by molar-refractivity contribution is -0.130. The molecule has 1 amide bonds. The van der Waals surface area contributed by atoms with Crippen LogP contribution in [-0.2, 0) is 17.8 Å². The number of benzene rings is 2. The summed E-state index contributed by atoms with van der Waals surface area (Å²) in [5, 5.41) is 4.64. The molecule has 0 N–H and O–H groups in total. The summed E-state index contributed by atoms with van der Waals surface area (Å²) >= 11 is 5.88. The minimum atomic E-state index is 0.103. The van der Waals surface area contributed by atoms with Crippen LogP contribution >= 0.6 is 11.6 Å². The third-order valence-electron chi connectivity index (χ3n) is 4.04. The highest BCUT2D eigenvalue weighted by molar-refractivity contribution is 6.30. The summed E-state index contributed by atoms with van der Waals surface area (Å²) < 4.78 is 5.27. The largest absolute Gasteiger partial charge is 0.341 e. The van der Waals surface area contributed by atoms with Crippen molar-refractivity contribution in [3.63, 3.8) is 0 Å². The van der Waals surface area contributed by atoms with Gasteiger partial charge in [-0.3, -0.25) is 4.79 Å². The smallest absolute Gasteiger partial charge is 0.226 e. The number of aryl methyl sites for hydroxylation is 1. The standard InChI is InChI=1S/C20H20ClN3O2/c1-24(14-15-6-3-2-4-7-15)19(25)9-5-8-18-22-20(23-26-18)16-10-12-17(21)13-11-16/h2-4,6-7,10-13H,5,8-9,14H2,1H3. The number of nitrogens with zero attached hydrogens (tertiary/aromatic N) is 3. The molecule has 0 aliphatic rings. The van der Waals surface area contributed by atoms with Gasteiger partial charge in [0.1, 0.15) is 0 Å². The molecule has 6 heteroatoms. The Kier molecular flexibility index (Phi) is 6.02. The number of aromatic nitrogens is 2. The van der Waals surface area contributed by atoms with Crippen LogP contribution in [-0.4, -0.2) is 28.0 Å². The van der Waals surface area contributed by atoms with Crippen LogP contribution in [0, 0.1) is 0 Å². The number of rotatable bonds is 7. The lowest BCUT2D eigenvalue weighted by Crippen LogP contribution is -2.25. The number of hydrogen-bond acceptors (Lipinski definition) is 4. The quantitative estimate of drug-likeness (QED) is 0.620. The van der Waals surface area contributed by atoms with Crippen LogP contribution in [0.2, 0.25) is 5.02 Å². The van der Waals surface area contributed by atoms with E-state index in [1.165, 1.54) is 0 Å². The fourth-order valence-corrected chi connectivity index (χ4v) is 2.73. The van der Waals surface area contributed by atoms with E-state index < -0.39 is 0 Å². The van der Waals surface area contributed by atoms with Crippen molar-refractivity contribution in [1.82, 2.24) is 15.0 Å². The van der Waals surface area contributed by atoms with Gasteiger partial charge >= 0.3 is 0 Å². The van der Waals surface area contributed by atoms with Crippen molar-refractivity contribution in [3.8, 4) is 11.4 Å². The molecule has 26 heavy (non-hydrogen) atoms. The van der Waals surface area contributed by atoms with E-state index in [9.17, 15) is 4.79 Å². The van der Waals surface area contributed by atoms with Gasteiger partial charge in [-0.1, -0.05) is 47.1 Å². The Morgan fingerprint density at radius 2 is 1.85 bits per heavy atom. The van der Waals surface area contributed by atoms with Crippen LogP contribution in [0.15, 0.2) is 59.1 Å². The van der Waals surface area contributed by atoms with Crippen LogP contribution in [0.5, 0.6) is 0 Å². The molecule has 0 aliphatic heterocycles. The van der Waals surface area contributed by atoms with Crippen molar-refractivity contribution in [2.45, 2.75) is 25.8 Å². The van der Waals surface area contributed by atoms with Crippen LogP contribution in [0.1, 0.15) is 24.3 Å². The van der Waals surface area contributed by atoms with Gasteiger partial charge in [-0.2, -0.15) is 4.98 Å². The Hall–Kier alpha value is -2.66. The van der Waals surface area contributed by atoms with Gasteiger partial charge in [0.2, 0.25) is 17.6 Å². The molecule has 0 aliphatic carbocycles. The SMILES string of the molecule is CN(Cc1ccccc1)C(=O)CCCc1nc(-c2ccc(Cl)cc2)no1. The monoisotopic (exact) mass is 369 g/mol. The van der Waals surface area contributed by atoms with E-state index in [2.05, 4.69) is 10.1 Å². The van der Waals surface area contributed by atoms with E-state index in [0.717, 1.165) is 11.1 Å². The molecular formula is C20H20ClN3O2. The second kappa shape index (κ2) is 8.63. The van der Waals surface area contributed by atoms with E-state index in [0.29, 0.717) is 42.5 Å². The Bertz CT molecular complexity index is 847. The highest BCUT2D eigenvalue weighted by Crippen LogP contribution is 2.19. The fourth-order valence-electron chi connectivity index (χ4n) is 2.60. The Morgan fingerprint density at radius 3 is 2.58 bits per heavy atom. The van der Waals surface area contributed by atoms with Crippen LogP contribution in [0.4, 0.5) is 0 Å². The second-order valence-corrected chi connectivity index (χ2v) is 6.54. The summed E-state index contributed by atoms with van der Waals surface area (Å²) in [6.45, 7) is 0.612. The zero-order valence-electron chi connectivity index (χ0n) is 14.6. The Labute approximate surface area is 157 Å². The maximum absolute atomic E-state index is 12.2. The third kappa shape index (κ3) is 4.92. The minimum absolute atomic E-state index is 0.103. The highest BCUT2D eigenvalue weighted by atomic mass is 35.5. The molecule has 3 aromatic rings. The lowest BCUT2D eigenvalue weighted by Gasteiger charge is -2.17. The van der Waals surface area contributed by atoms with E-state index in [-0.39, 0.29) is 5.91 Å². The fraction of sp³-hybridized carbons (Fsp3) is 0.250. The summed E-state index contributed by atoms with van der Waals surface area (Å²) in [6, 6.07) is 17.2. The van der Waals surface area contributed by atoms with Crippen LogP contribution < -0.4 is 0 Å². The molecule has 0 fully saturated rings. The molecule has 0 unspecified atom stereocenters. The molecule has 1 aromatic heterocycles. The molecular weight excluding hydrogens is 350 g/mol. The molecule has 5 nitrogen and oxygen atoms in total. The van der Waals surface area contributed by atoms with Gasteiger partial charge in [0.15, 0.2) is 0 Å². The van der Waals surface area contributed by atoms with Gasteiger partial charge in [-0.05, 0) is 36.2 Å². The average Bonchev–Trinajstić information content (AvgIpc) is 3.12. The Morgan fingerprint density at radius 1 is 1.12 bits per heavy atom. The second-order valence-electron chi connectivity index (χ2n) is 6.11. The average molecular weight is 370 g/mol. The number of carbonyl (C=O) groups is 1. The summed E-state index contributed by atoms with van der Waals surface area (Å²) in [6.07, 6.45) is 1.69. The van der Waals surface area contributed by atoms with Crippen molar-refractivity contribution in [2.24, 2.45) is 0 Å². The maximum atomic E-state index is 12.2. The van der Waals surface area contributed by atoms with Crippen molar-refractivity contribution in [1.29, 1.82) is 0 Å². The van der Waals surface area contributed by atoms with Crippen molar-refractivity contribution in [2.75, 3.05) is 7.05 Å². The van der Waals surface area contributed by atoms with Crippen LogP contribution in [0.25, 0.3) is 11.4 Å². The predicted molar refractivity (Wildman–Crippen MR) is 101 cm³/mol. The molecule has 134 valence electrons. The zero-order chi connectivity index (χ0) is 18.4. The maximum Gasteiger partial charge on any atom is 0.226 e. The number of hydrogen-bond donors (Lipinski definition) is 0. The molecule has 0 atom stereocenters. The molecule has 0 bridgehead atoms. The van der Waals surface area contributed by atoms with Gasteiger partial charge in [0.05, 0.1) is 0 Å². The van der Waals surface area contributed by atoms with Gasteiger partial charge in [-0.25, -0.2) is 0 Å². The number of amides is 1. The number of carbonyl (C=O) groups excluding carboxylic acids is 1. The summed E-state index contributed by atoms with van der Waals surface area (Å²) in [4.78, 5) is 18.4.